The number of hydrogen-bond donors (Lipinski definition) is 1. The van der Waals surface area contributed by atoms with Gasteiger partial charge in [-0.25, -0.2) is 9.97 Å². The molecular weight excluding hydrogens is 285 g/mol. The molecule has 1 N–H and O–H groups in total. The summed E-state index contributed by atoms with van der Waals surface area (Å²) in [6.07, 6.45) is -3.17. The Morgan fingerprint density at radius 2 is 1.86 bits per heavy atom. The van der Waals surface area contributed by atoms with E-state index in [1.807, 2.05) is 0 Å². The van der Waals surface area contributed by atoms with Crippen molar-refractivity contribution in [3.8, 4) is 5.69 Å². The van der Waals surface area contributed by atoms with Crippen LogP contribution in [0.2, 0.25) is 0 Å². The third kappa shape index (κ3) is 2.28. The van der Waals surface area contributed by atoms with Crippen molar-refractivity contribution in [2.45, 2.75) is 13.1 Å². The van der Waals surface area contributed by atoms with Crippen LogP contribution in [0.5, 0.6) is 0 Å². The second-order valence-corrected chi connectivity index (χ2v) is 4.49. The molecule has 108 valence electrons. The Bertz CT molecular complexity index is 862. The van der Waals surface area contributed by atoms with E-state index < -0.39 is 17.3 Å². The van der Waals surface area contributed by atoms with E-state index in [0.717, 1.165) is 12.1 Å². The van der Waals surface area contributed by atoms with Crippen LogP contribution in [0.4, 0.5) is 13.2 Å². The van der Waals surface area contributed by atoms with E-state index in [0.29, 0.717) is 11.5 Å². The number of imidazole rings is 1. The number of aromatic nitrogens is 4. The van der Waals surface area contributed by atoms with Gasteiger partial charge in [-0.2, -0.15) is 13.2 Å². The number of fused-ring (bicyclic) bond motifs is 1. The van der Waals surface area contributed by atoms with Crippen molar-refractivity contribution in [3.63, 3.8) is 0 Å². The predicted octanol–water partition coefficient (Wildman–Crippen LogP) is 2.44. The zero-order valence-corrected chi connectivity index (χ0v) is 10.8. The van der Waals surface area contributed by atoms with Crippen LogP contribution < -0.4 is 5.56 Å². The van der Waals surface area contributed by atoms with Crippen molar-refractivity contribution in [2.75, 3.05) is 0 Å². The zero-order valence-electron chi connectivity index (χ0n) is 10.8. The molecule has 5 nitrogen and oxygen atoms in total. The molecule has 0 atom stereocenters. The SMILES string of the molecule is Cc1nc2ncn(-c3ccc(C(F)(F)F)cc3)c(=O)c2[nH]1. The molecule has 3 aromatic rings. The summed E-state index contributed by atoms with van der Waals surface area (Å²) in [7, 11) is 0. The molecule has 0 amide bonds. The number of aromatic amines is 1. The summed E-state index contributed by atoms with van der Waals surface area (Å²) in [5.41, 5.74) is -0.392. The summed E-state index contributed by atoms with van der Waals surface area (Å²) in [5.74, 6) is 0.541. The Balaban J connectivity index is 2.12. The molecule has 0 aliphatic carbocycles. The van der Waals surface area contributed by atoms with Crippen LogP contribution in [0.3, 0.4) is 0 Å². The van der Waals surface area contributed by atoms with Gasteiger partial charge in [0.15, 0.2) is 11.2 Å². The second kappa shape index (κ2) is 4.44. The summed E-state index contributed by atoms with van der Waals surface area (Å²) in [6, 6.07) is 4.29. The number of nitrogens with one attached hydrogen (secondary N) is 1. The van der Waals surface area contributed by atoms with Crippen LogP contribution in [-0.4, -0.2) is 19.5 Å². The fraction of sp³-hybridized carbons (Fsp3) is 0.154. The molecule has 0 unspecified atom stereocenters. The van der Waals surface area contributed by atoms with Crippen LogP contribution in [0.1, 0.15) is 11.4 Å². The summed E-state index contributed by atoms with van der Waals surface area (Å²) in [6.45, 7) is 1.68. The molecule has 0 fully saturated rings. The maximum atomic E-state index is 12.5. The molecular formula is C13H9F3N4O. The minimum absolute atomic E-state index is 0.217. The standard InChI is InChI=1S/C13H9F3N4O/c1-7-18-10-11(19-7)17-6-20(12(10)21)9-4-2-8(3-5-9)13(14,15)16/h2-6H,1H3,(H,18,19). The summed E-state index contributed by atoms with van der Waals surface area (Å²) in [4.78, 5) is 23.1. The van der Waals surface area contributed by atoms with Crippen LogP contribution in [-0.2, 0) is 6.18 Å². The lowest BCUT2D eigenvalue weighted by molar-refractivity contribution is -0.137. The average Bonchev–Trinajstić information content (AvgIpc) is 2.80. The molecule has 0 aliphatic rings. The fourth-order valence-electron chi connectivity index (χ4n) is 2.00. The van der Waals surface area contributed by atoms with Gasteiger partial charge in [-0.1, -0.05) is 0 Å². The molecule has 21 heavy (non-hydrogen) atoms. The van der Waals surface area contributed by atoms with Gasteiger partial charge in [0.2, 0.25) is 0 Å². The highest BCUT2D eigenvalue weighted by Crippen LogP contribution is 2.29. The maximum Gasteiger partial charge on any atom is 0.416 e. The Morgan fingerprint density at radius 3 is 2.48 bits per heavy atom. The van der Waals surface area contributed by atoms with Gasteiger partial charge in [0.05, 0.1) is 11.3 Å². The number of H-pyrrole nitrogens is 1. The van der Waals surface area contributed by atoms with Crippen LogP contribution in [0, 0.1) is 6.92 Å². The minimum Gasteiger partial charge on any atom is -0.336 e. The number of rotatable bonds is 1. The van der Waals surface area contributed by atoms with Gasteiger partial charge in [0, 0.05) is 0 Å². The average molecular weight is 294 g/mol. The summed E-state index contributed by atoms with van der Waals surface area (Å²) < 4.78 is 38.7. The topological polar surface area (TPSA) is 63.6 Å². The van der Waals surface area contributed by atoms with E-state index in [9.17, 15) is 18.0 Å². The predicted molar refractivity (Wildman–Crippen MR) is 69.2 cm³/mol. The van der Waals surface area contributed by atoms with E-state index in [2.05, 4.69) is 15.0 Å². The highest BCUT2D eigenvalue weighted by molar-refractivity contribution is 5.69. The van der Waals surface area contributed by atoms with E-state index >= 15 is 0 Å². The van der Waals surface area contributed by atoms with Gasteiger partial charge < -0.3 is 4.98 Å². The first-order chi connectivity index (χ1) is 9.86. The van der Waals surface area contributed by atoms with E-state index in [4.69, 9.17) is 0 Å². The smallest absolute Gasteiger partial charge is 0.336 e. The van der Waals surface area contributed by atoms with Crippen LogP contribution in [0.25, 0.3) is 16.9 Å². The van der Waals surface area contributed by atoms with Crippen molar-refractivity contribution in [3.05, 3.63) is 52.3 Å². The summed E-state index contributed by atoms with van der Waals surface area (Å²) >= 11 is 0. The Morgan fingerprint density at radius 1 is 1.19 bits per heavy atom. The highest BCUT2D eigenvalue weighted by Gasteiger charge is 2.30. The number of hydrogen-bond acceptors (Lipinski definition) is 3. The number of benzene rings is 1. The fourth-order valence-corrected chi connectivity index (χ4v) is 2.00. The van der Waals surface area contributed by atoms with Gasteiger partial charge in [0.25, 0.3) is 5.56 Å². The quantitative estimate of drug-likeness (QED) is 0.749. The normalized spacial score (nSPS) is 12.0. The second-order valence-electron chi connectivity index (χ2n) is 4.49. The van der Waals surface area contributed by atoms with Crippen molar-refractivity contribution < 1.29 is 13.2 Å². The molecule has 0 spiro atoms. The molecule has 0 aliphatic heterocycles. The van der Waals surface area contributed by atoms with Crippen molar-refractivity contribution in [2.24, 2.45) is 0 Å². The van der Waals surface area contributed by atoms with Crippen molar-refractivity contribution >= 4 is 11.2 Å². The van der Waals surface area contributed by atoms with Gasteiger partial charge >= 0.3 is 6.18 Å². The third-order valence-corrected chi connectivity index (χ3v) is 3.00. The van der Waals surface area contributed by atoms with Crippen LogP contribution >= 0.6 is 0 Å². The first-order valence-corrected chi connectivity index (χ1v) is 5.98. The lowest BCUT2D eigenvalue weighted by atomic mass is 10.2. The molecule has 3 rings (SSSR count). The van der Waals surface area contributed by atoms with Crippen molar-refractivity contribution in [1.29, 1.82) is 0 Å². The summed E-state index contributed by atoms with van der Waals surface area (Å²) in [5, 5.41) is 0. The lowest BCUT2D eigenvalue weighted by Gasteiger charge is -2.08. The molecule has 2 heterocycles. The largest absolute Gasteiger partial charge is 0.416 e. The van der Waals surface area contributed by atoms with Gasteiger partial charge in [-0.05, 0) is 31.2 Å². The Kier molecular flexibility index (Phi) is 2.82. The first-order valence-electron chi connectivity index (χ1n) is 5.98. The van der Waals surface area contributed by atoms with E-state index in [-0.39, 0.29) is 11.2 Å². The molecule has 0 bridgehead atoms. The molecule has 1 aromatic carbocycles. The number of nitrogens with zero attached hydrogens (tertiary/aromatic N) is 3. The Hall–Kier alpha value is -2.64. The molecule has 0 saturated carbocycles. The minimum atomic E-state index is -4.41. The van der Waals surface area contributed by atoms with E-state index in [1.54, 1.807) is 6.92 Å². The van der Waals surface area contributed by atoms with Gasteiger partial charge in [0.1, 0.15) is 12.2 Å². The van der Waals surface area contributed by atoms with Gasteiger partial charge in [-0.3, -0.25) is 9.36 Å². The monoisotopic (exact) mass is 294 g/mol. The van der Waals surface area contributed by atoms with Crippen LogP contribution in [0.15, 0.2) is 35.4 Å². The van der Waals surface area contributed by atoms with Gasteiger partial charge in [-0.15, -0.1) is 0 Å². The molecule has 0 radical (unpaired) electrons. The highest BCUT2D eigenvalue weighted by atomic mass is 19.4. The first kappa shape index (κ1) is 13.3. The van der Waals surface area contributed by atoms with E-state index in [1.165, 1.54) is 23.0 Å². The number of halogens is 3. The number of aryl methyl sites for hydroxylation is 1. The molecule has 0 saturated heterocycles. The zero-order chi connectivity index (χ0) is 15.2. The Labute approximate surface area is 116 Å². The van der Waals surface area contributed by atoms with Crippen molar-refractivity contribution in [1.82, 2.24) is 19.5 Å². The molecule has 2 aromatic heterocycles. The maximum absolute atomic E-state index is 12.5. The third-order valence-electron chi connectivity index (χ3n) is 3.00. The lowest BCUT2D eigenvalue weighted by Crippen LogP contribution is -2.19. The number of alkyl halides is 3. The molecule has 8 heteroatoms.